The number of Topliss-reactive ketones (excluding diaryl/α,β-unsaturated/α-hetero) is 1. The van der Waals surface area contributed by atoms with E-state index in [1.807, 2.05) is 6.92 Å². The fourth-order valence-electron chi connectivity index (χ4n) is 2.50. The molecule has 1 saturated carbocycles. The van der Waals surface area contributed by atoms with Crippen LogP contribution in [0.5, 0.6) is 0 Å². The monoisotopic (exact) mass is 211 g/mol. The number of carbonyl (C=O) groups is 1. The van der Waals surface area contributed by atoms with Gasteiger partial charge in [0.25, 0.3) is 0 Å². The topological polar surface area (TPSA) is 43.1 Å². The zero-order valence-electron chi connectivity index (χ0n) is 10.2. The molecule has 2 N–H and O–H groups in total. The zero-order valence-corrected chi connectivity index (χ0v) is 10.2. The van der Waals surface area contributed by atoms with Gasteiger partial charge in [0.2, 0.25) is 0 Å². The fourth-order valence-corrected chi connectivity index (χ4v) is 2.50. The first-order valence-electron chi connectivity index (χ1n) is 6.40. The van der Waals surface area contributed by atoms with Crippen molar-refractivity contribution in [2.45, 2.75) is 64.8 Å². The summed E-state index contributed by atoms with van der Waals surface area (Å²) in [5.74, 6) is 1.15. The summed E-state index contributed by atoms with van der Waals surface area (Å²) in [6, 6.07) is 0.277. The Bertz CT molecular complexity index is 195. The Hall–Kier alpha value is -0.370. The van der Waals surface area contributed by atoms with Gasteiger partial charge in [-0.25, -0.2) is 0 Å². The van der Waals surface area contributed by atoms with E-state index in [0.29, 0.717) is 11.7 Å². The van der Waals surface area contributed by atoms with Crippen LogP contribution in [0.25, 0.3) is 0 Å². The normalized spacial score (nSPS) is 21.5. The van der Waals surface area contributed by atoms with Crippen LogP contribution in [0.2, 0.25) is 0 Å². The summed E-state index contributed by atoms with van der Waals surface area (Å²) in [5.41, 5.74) is 5.69. The summed E-state index contributed by atoms with van der Waals surface area (Å²) in [5, 5.41) is 0. The zero-order chi connectivity index (χ0) is 11.3. The summed E-state index contributed by atoms with van der Waals surface area (Å²) < 4.78 is 0. The number of nitrogens with two attached hydrogens (primary N) is 1. The third-order valence-electron chi connectivity index (χ3n) is 3.54. The summed E-state index contributed by atoms with van der Waals surface area (Å²) in [7, 11) is 0. The number of carbonyl (C=O) groups excluding carboxylic acids is 1. The van der Waals surface area contributed by atoms with E-state index in [9.17, 15) is 4.79 Å². The average Bonchev–Trinajstić information content (AvgIpc) is 2.68. The van der Waals surface area contributed by atoms with Crippen molar-refractivity contribution in [1.82, 2.24) is 0 Å². The molecule has 0 radical (unpaired) electrons. The SMILES string of the molecule is CC(N)CCCC(C)C(=O)C1CCCC1. The summed E-state index contributed by atoms with van der Waals surface area (Å²) >= 11 is 0. The minimum absolute atomic E-state index is 0.256. The highest BCUT2D eigenvalue weighted by Crippen LogP contribution is 2.29. The first kappa shape index (κ1) is 12.7. The van der Waals surface area contributed by atoms with Crippen LogP contribution in [0, 0.1) is 11.8 Å². The molecule has 15 heavy (non-hydrogen) atoms. The molecular formula is C13H25NO. The molecular weight excluding hydrogens is 186 g/mol. The van der Waals surface area contributed by atoms with Crippen LogP contribution in [-0.4, -0.2) is 11.8 Å². The van der Waals surface area contributed by atoms with E-state index >= 15 is 0 Å². The van der Waals surface area contributed by atoms with E-state index < -0.39 is 0 Å². The molecule has 1 aliphatic rings. The smallest absolute Gasteiger partial charge is 0.138 e. The van der Waals surface area contributed by atoms with Gasteiger partial charge in [0.15, 0.2) is 0 Å². The van der Waals surface area contributed by atoms with E-state index in [1.165, 1.54) is 12.8 Å². The molecule has 2 heteroatoms. The second-order valence-corrected chi connectivity index (χ2v) is 5.19. The molecule has 2 nitrogen and oxygen atoms in total. The number of hydrogen-bond donors (Lipinski definition) is 1. The Morgan fingerprint density at radius 2 is 1.87 bits per heavy atom. The Kier molecular flexibility index (Phi) is 5.30. The Balaban J connectivity index is 2.20. The van der Waals surface area contributed by atoms with Gasteiger partial charge in [0.1, 0.15) is 5.78 Å². The molecule has 0 aromatic rings. The van der Waals surface area contributed by atoms with Gasteiger partial charge in [-0.15, -0.1) is 0 Å². The van der Waals surface area contributed by atoms with Crippen LogP contribution in [0.1, 0.15) is 58.8 Å². The van der Waals surface area contributed by atoms with Crippen molar-refractivity contribution < 1.29 is 4.79 Å². The molecule has 0 aliphatic heterocycles. The molecule has 0 saturated heterocycles. The summed E-state index contributed by atoms with van der Waals surface area (Å²) in [4.78, 5) is 12.0. The Morgan fingerprint density at radius 1 is 1.27 bits per heavy atom. The summed E-state index contributed by atoms with van der Waals surface area (Å²) in [6.45, 7) is 4.12. The second kappa shape index (κ2) is 6.26. The molecule has 0 heterocycles. The van der Waals surface area contributed by atoms with Gasteiger partial charge in [-0.1, -0.05) is 26.2 Å². The number of ketones is 1. The lowest BCUT2D eigenvalue weighted by molar-refractivity contribution is -0.126. The van der Waals surface area contributed by atoms with E-state index in [0.717, 1.165) is 32.1 Å². The third kappa shape index (κ3) is 4.33. The van der Waals surface area contributed by atoms with Gasteiger partial charge < -0.3 is 5.73 Å². The molecule has 1 fully saturated rings. The maximum Gasteiger partial charge on any atom is 0.138 e. The highest BCUT2D eigenvalue weighted by atomic mass is 16.1. The highest BCUT2D eigenvalue weighted by Gasteiger charge is 2.26. The summed E-state index contributed by atoms with van der Waals surface area (Å²) in [6.07, 6.45) is 7.94. The minimum atomic E-state index is 0.256. The van der Waals surface area contributed by atoms with Gasteiger partial charge in [-0.05, 0) is 32.6 Å². The quantitative estimate of drug-likeness (QED) is 0.734. The largest absolute Gasteiger partial charge is 0.328 e. The van der Waals surface area contributed by atoms with Crippen molar-refractivity contribution in [2.75, 3.05) is 0 Å². The number of hydrogen-bond acceptors (Lipinski definition) is 2. The molecule has 0 spiro atoms. The van der Waals surface area contributed by atoms with Gasteiger partial charge in [0, 0.05) is 17.9 Å². The molecule has 0 aromatic heterocycles. The maximum atomic E-state index is 12.0. The van der Waals surface area contributed by atoms with E-state index in [-0.39, 0.29) is 12.0 Å². The molecule has 1 rings (SSSR count). The predicted octanol–water partition coefficient (Wildman–Crippen LogP) is 2.90. The third-order valence-corrected chi connectivity index (χ3v) is 3.54. The lowest BCUT2D eigenvalue weighted by Gasteiger charge is -2.15. The average molecular weight is 211 g/mol. The van der Waals surface area contributed by atoms with Crippen LogP contribution < -0.4 is 5.73 Å². The fraction of sp³-hybridized carbons (Fsp3) is 0.923. The van der Waals surface area contributed by atoms with Crippen LogP contribution in [0.4, 0.5) is 0 Å². The Labute approximate surface area is 93.6 Å². The van der Waals surface area contributed by atoms with Crippen molar-refractivity contribution in [3.63, 3.8) is 0 Å². The standard InChI is InChI=1S/C13H25NO/c1-10(6-5-7-11(2)14)13(15)12-8-3-4-9-12/h10-12H,3-9,14H2,1-2H3. The minimum Gasteiger partial charge on any atom is -0.328 e. The molecule has 2 unspecified atom stereocenters. The molecule has 0 bridgehead atoms. The van der Waals surface area contributed by atoms with Crippen LogP contribution in [-0.2, 0) is 4.79 Å². The van der Waals surface area contributed by atoms with Crippen molar-refractivity contribution in [1.29, 1.82) is 0 Å². The van der Waals surface area contributed by atoms with E-state index in [1.54, 1.807) is 0 Å². The van der Waals surface area contributed by atoms with Gasteiger partial charge in [-0.3, -0.25) is 4.79 Å². The van der Waals surface area contributed by atoms with Crippen LogP contribution in [0.3, 0.4) is 0 Å². The molecule has 0 amide bonds. The van der Waals surface area contributed by atoms with Gasteiger partial charge in [-0.2, -0.15) is 0 Å². The van der Waals surface area contributed by atoms with Crippen molar-refractivity contribution in [3.05, 3.63) is 0 Å². The van der Waals surface area contributed by atoms with Crippen LogP contribution in [0.15, 0.2) is 0 Å². The Morgan fingerprint density at radius 3 is 2.40 bits per heavy atom. The first-order chi connectivity index (χ1) is 7.11. The maximum absolute atomic E-state index is 12.0. The van der Waals surface area contributed by atoms with Crippen LogP contribution >= 0.6 is 0 Å². The molecule has 0 aromatic carbocycles. The molecule has 2 atom stereocenters. The molecule has 1 aliphatic carbocycles. The predicted molar refractivity (Wildman–Crippen MR) is 63.6 cm³/mol. The van der Waals surface area contributed by atoms with Crippen molar-refractivity contribution in [3.8, 4) is 0 Å². The van der Waals surface area contributed by atoms with Gasteiger partial charge >= 0.3 is 0 Å². The van der Waals surface area contributed by atoms with E-state index in [4.69, 9.17) is 5.73 Å². The molecule has 88 valence electrons. The first-order valence-corrected chi connectivity index (χ1v) is 6.40. The lowest BCUT2D eigenvalue weighted by atomic mass is 9.89. The number of rotatable bonds is 6. The second-order valence-electron chi connectivity index (χ2n) is 5.19. The highest BCUT2D eigenvalue weighted by molar-refractivity contribution is 5.83. The van der Waals surface area contributed by atoms with Crippen molar-refractivity contribution in [2.24, 2.45) is 17.6 Å². The van der Waals surface area contributed by atoms with E-state index in [2.05, 4.69) is 6.92 Å². The van der Waals surface area contributed by atoms with Gasteiger partial charge in [0.05, 0.1) is 0 Å². The van der Waals surface area contributed by atoms with Crippen molar-refractivity contribution >= 4 is 5.78 Å². The lowest BCUT2D eigenvalue weighted by Crippen LogP contribution is -2.20.